The van der Waals surface area contributed by atoms with Gasteiger partial charge in [0.2, 0.25) is 5.91 Å². The Morgan fingerprint density at radius 1 is 1.08 bits per heavy atom. The Hall–Kier alpha value is -2.36. The third-order valence-electron chi connectivity index (χ3n) is 5.20. The van der Waals surface area contributed by atoms with Crippen molar-refractivity contribution in [3.05, 3.63) is 65.5 Å². The maximum Gasteiger partial charge on any atom is 0.230 e. The molecule has 0 aliphatic heterocycles. The first kappa shape index (κ1) is 17.5. The molecule has 0 atom stereocenters. The predicted molar refractivity (Wildman–Crippen MR) is 98.7 cm³/mol. The molecule has 0 aromatic heterocycles. The van der Waals surface area contributed by atoms with E-state index in [0.29, 0.717) is 6.54 Å². The highest BCUT2D eigenvalue weighted by molar-refractivity contribution is 5.88. The molecule has 0 spiro atoms. The van der Waals surface area contributed by atoms with Crippen molar-refractivity contribution in [1.82, 2.24) is 5.32 Å². The van der Waals surface area contributed by atoms with Crippen LogP contribution in [0.3, 0.4) is 0 Å². The number of anilines is 1. The van der Waals surface area contributed by atoms with E-state index < -0.39 is 5.41 Å². The van der Waals surface area contributed by atoms with Crippen LogP contribution in [0.2, 0.25) is 0 Å². The van der Waals surface area contributed by atoms with Crippen molar-refractivity contribution in [2.75, 3.05) is 12.3 Å². The average Bonchev–Trinajstić information content (AvgIpc) is 2.64. The number of carbonyl (C=O) groups excluding carboxylic acids is 1. The molecule has 3 N–H and O–H groups in total. The smallest absolute Gasteiger partial charge is 0.230 e. The van der Waals surface area contributed by atoms with Crippen LogP contribution in [-0.4, -0.2) is 12.5 Å². The number of hydrogen-bond donors (Lipinski definition) is 2. The summed E-state index contributed by atoms with van der Waals surface area (Å²) >= 11 is 0. The van der Waals surface area contributed by atoms with Gasteiger partial charge in [0.25, 0.3) is 0 Å². The van der Waals surface area contributed by atoms with Crippen molar-refractivity contribution in [2.24, 2.45) is 0 Å². The zero-order chi connectivity index (χ0) is 17.7. The predicted octanol–water partition coefficient (Wildman–Crippen LogP) is 3.97. The Balaban J connectivity index is 1.70. The van der Waals surface area contributed by atoms with E-state index in [4.69, 9.17) is 5.73 Å². The minimum atomic E-state index is -0.596. The summed E-state index contributed by atoms with van der Waals surface area (Å²) in [6.45, 7) is 0.569. The molecule has 0 radical (unpaired) electrons. The van der Waals surface area contributed by atoms with Gasteiger partial charge in [-0.3, -0.25) is 4.79 Å². The first-order chi connectivity index (χ1) is 12.1. The van der Waals surface area contributed by atoms with Gasteiger partial charge in [-0.1, -0.05) is 43.5 Å². The Morgan fingerprint density at radius 3 is 2.48 bits per heavy atom. The normalized spacial score (nSPS) is 16.4. The summed E-state index contributed by atoms with van der Waals surface area (Å²) in [5, 5.41) is 3.08. The van der Waals surface area contributed by atoms with Crippen LogP contribution < -0.4 is 11.1 Å². The lowest BCUT2D eigenvalue weighted by atomic mass is 9.68. The highest BCUT2D eigenvalue weighted by atomic mass is 19.1. The molecule has 0 bridgehead atoms. The molecule has 3 rings (SSSR count). The number of rotatable bonds is 5. The van der Waals surface area contributed by atoms with Gasteiger partial charge in [-0.2, -0.15) is 0 Å². The molecular formula is C21H25FN2O. The van der Waals surface area contributed by atoms with Crippen LogP contribution in [0.1, 0.15) is 43.2 Å². The number of nitrogens with two attached hydrogens (primary N) is 1. The fraction of sp³-hybridized carbons (Fsp3) is 0.381. The van der Waals surface area contributed by atoms with E-state index in [2.05, 4.69) is 5.32 Å². The van der Waals surface area contributed by atoms with Gasteiger partial charge < -0.3 is 11.1 Å². The Bertz CT molecular complexity index is 721. The minimum absolute atomic E-state index is 0.0215. The van der Waals surface area contributed by atoms with E-state index in [1.807, 2.05) is 30.3 Å². The number of nitrogen functional groups attached to an aromatic ring is 1. The van der Waals surface area contributed by atoms with Crippen LogP contribution >= 0.6 is 0 Å². The average molecular weight is 340 g/mol. The first-order valence-corrected chi connectivity index (χ1v) is 8.99. The molecule has 2 aromatic carbocycles. The molecule has 0 unspecified atom stereocenters. The molecule has 4 heteroatoms. The largest absolute Gasteiger partial charge is 0.399 e. The Morgan fingerprint density at radius 2 is 1.80 bits per heavy atom. The number of benzene rings is 2. The molecule has 1 saturated carbocycles. The molecule has 25 heavy (non-hydrogen) atoms. The molecule has 1 amide bonds. The van der Waals surface area contributed by atoms with Crippen molar-refractivity contribution in [3.8, 4) is 0 Å². The summed E-state index contributed by atoms with van der Waals surface area (Å²) in [5.74, 6) is -0.259. The van der Waals surface area contributed by atoms with Crippen molar-refractivity contribution in [3.63, 3.8) is 0 Å². The van der Waals surface area contributed by atoms with Crippen LogP contribution in [-0.2, 0) is 16.6 Å². The monoisotopic (exact) mass is 340 g/mol. The maximum atomic E-state index is 13.7. The van der Waals surface area contributed by atoms with Gasteiger partial charge in [-0.15, -0.1) is 0 Å². The summed E-state index contributed by atoms with van der Waals surface area (Å²) < 4.78 is 13.7. The molecule has 0 heterocycles. The van der Waals surface area contributed by atoms with E-state index in [0.717, 1.165) is 55.3 Å². The standard InChI is InChI=1S/C21H25FN2O/c22-18-6-4-5-17(15-18)21(12-2-1-3-13-21)20(25)24-14-11-16-7-9-19(23)10-8-16/h4-10,15H,1-3,11-14,23H2,(H,24,25). The fourth-order valence-electron chi connectivity index (χ4n) is 3.76. The Labute approximate surface area is 148 Å². The molecule has 3 nitrogen and oxygen atoms in total. The van der Waals surface area contributed by atoms with Crippen LogP contribution in [0.25, 0.3) is 0 Å². The second-order valence-electron chi connectivity index (χ2n) is 6.90. The second kappa shape index (κ2) is 7.68. The lowest BCUT2D eigenvalue weighted by Crippen LogP contribution is -2.46. The molecule has 2 aromatic rings. The molecule has 132 valence electrons. The van der Waals surface area contributed by atoms with Crippen LogP contribution in [0, 0.1) is 5.82 Å². The summed E-state index contributed by atoms with van der Waals surface area (Å²) in [6, 6.07) is 14.2. The van der Waals surface area contributed by atoms with Crippen molar-refractivity contribution < 1.29 is 9.18 Å². The van der Waals surface area contributed by atoms with E-state index in [1.165, 1.54) is 12.1 Å². The zero-order valence-corrected chi connectivity index (χ0v) is 14.4. The summed E-state index contributed by atoms with van der Waals surface area (Å²) in [5.41, 5.74) is 7.77. The lowest BCUT2D eigenvalue weighted by molar-refractivity contribution is -0.128. The zero-order valence-electron chi connectivity index (χ0n) is 14.4. The quantitative estimate of drug-likeness (QED) is 0.809. The highest BCUT2D eigenvalue weighted by Crippen LogP contribution is 2.40. The summed E-state index contributed by atoms with van der Waals surface area (Å²) in [4.78, 5) is 13.0. The molecule has 1 aliphatic carbocycles. The van der Waals surface area contributed by atoms with Gasteiger partial charge in [0.15, 0.2) is 0 Å². The summed E-state index contributed by atoms with van der Waals surface area (Å²) in [6.07, 6.45) is 5.46. The van der Waals surface area contributed by atoms with Crippen molar-refractivity contribution in [1.29, 1.82) is 0 Å². The van der Waals surface area contributed by atoms with Crippen LogP contribution in [0.5, 0.6) is 0 Å². The maximum absolute atomic E-state index is 13.7. The number of carbonyl (C=O) groups is 1. The van der Waals surface area contributed by atoms with E-state index in [-0.39, 0.29) is 11.7 Å². The summed E-state index contributed by atoms with van der Waals surface area (Å²) in [7, 11) is 0. The minimum Gasteiger partial charge on any atom is -0.399 e. The lowest BCUT2D eigenvalue weighted by Gasteiger charge is -2.36. The first-order valence-electron chi connectivity index (χ1n) is 8.99. The van der Waals surface area contributed by atoms with Gasteiger partial charge in [-0.05, 0) is 54.7 Å². The second-order valence-corrected chi connectivity index (χ2v) is 6.90. The van der Waals surface area contributed by atoms with Crippen molar-refractivity contribution >= 4 is 11.6 Å². The number of amides is 1. The van der Waals surface area contributed by atoms with Crippen LogP contribution in [0.4, 0.5) is 10.1 Å². The van der Waals surface area contributed by atoms with Crippen LogP contribution in [0.15, 0.2) is 48.5 Å². The molecule has 1 aliphatic rings. The number of nitrogens with one attached hydrogen (secondary N) is 1. The number of hydrogen-bond acceptors (Lipinski definition) is 2. The van der Waals surface area contributed by atoms with E-state index in [1.54, 1.807) is 6.07 Å². The van der Waals surface area contributed by atoms with Gasteiger partial charge in [0, 0.05) is 12.2 Å². The topological polar surface area (TPSA) is 55.1 Å². The van der Waals surface area contributed by atoms with Gasteiger partial charge >= 0.3 is 0 Å². The molecular weight excluding hydrogens is 315 g/mol. The third kappa shape index (κ3) is 4.01. The van der Waals surface area contributed by atoms with Gasteiger partial charge in [0.1, 0.15) is 5.82 Å². The molecule has 1 fully saturated rings. The van der Waals surface area contributed by atoms with Gasteiger partial charge in [0.05, 0.1) is 5.41 Å². The highest BCUT2D eigenvalue weighted by Gasteiger charge is 2.41. The molecule has 0 saturated heterocycles. The SMILES string of the molecule is Nc1ccc(CCNC(=O)C2(c3cccc(F)c3)CCCCC2)cc1. The van der Waals surface area contributed by atoms with E-state index >= 15 is 0 Å². The van der Waals surface area contributed by atoms with Gasteiger partial charge in [-0.25, -0.2) is 4.39 Å². The van der Waals surface area contributed by atoms with E-state index in [9.17, 15) is 9.18 Å². The Kier molecular flexibility index (Phi) is 5.37. The van der Waals surface area contributed by atoms with Crippen molar-refractivity contribution in [2.45, 2.75) is 43.9 Å². The third-order valence-corrected chi connectivity index (χ3v) is 5.20. The number of halogens is 1. The fourth-order valence-corrected chi connectivity index (χ4v) is 3.76.